The highest BCUT2D eigenvalue weighted by Crippen LogP contribution is 2.36. The van der Waals surface area contributed by atoms with E-state index in [-0.39, 0.29) is 23.4 Å². The lowest BCUT2D eigenvalue weighted by Gasteiger charge is -2.42. The topological polar surface area (TPSA) is 91.6 Å². The van der Waals surface area contributed by atoms with Crippen LogP contribution in [0.15, 0.2) is 29.2 Å². The highest BCUT2D eigenvalue weighted by molar-refractivity contribution is 5.99. The summed E-state index contributed by atoms with van der Waals surface area (Å²) in [6.45, 7) is 4.65. The molecule has 1 atom stereocenters. The average molecular weight is 413 g/mol. The van der Waals surface area contributed by atoms with Crippen LogP contribution < -0.4 is 10.7 Å². The van der Waals surface area contributed by atoms with Crippen LogP contribution in [0.3, 0.4) is 0 Å². The van der Waals surface area contributed by atoms with Gasteiger partial charge in [-0.05, 0) is 44.7 Å². The smallest absolute Gasteiger partial charge is 0.274 e. The Morgan fingerprint density at radius 2 is 2.07 bits per heavy atom. The van der Waals surface area contributed by atoms with Gasteiger partial charge in [-0.1, -0.05) is 12.1 Å². The molecule has 2 N–H and O–H groups in total. The highest BCUT2D eigenvalue weighted by atomic mass is 19.1. The van der Waals surface area contributed by atoms with Crippen LogP contribution in [0.1, 0.15) is 58.2 Å². The van der Waals surface area contributed by atoms with Gasteiger partial charge in [0.2, 0.25) is 5.43 Å². The van der Waals surface area contributed by atoms with Crippen molar-refractivity contribution in [3.05, 3.63) is 62.8 Å². The largest absolute Gasteiger partial charge is 0.503 e. The third-order valence-electron chi connectivity index (χ3n) is 6.07. The molecule has 8 heteroatoms. The van der Waals surface area contributed by atoms with Crippen molar-refractivity contribution in [1.82, 2.24) is 14.8 Å². The summed E-state index contributed by atoms with van der Waals surface area (Å²) in [5.74, 6) is -2.29. The minimum Gasteiger partial charge on any atom is -0.503 e. The quantitative estimate of drug-likeness (QED) is 0.808. The number of benzene rings is 1. The Morgan fingerprint density at radius 3 is 2.80 bits per heavy atom. The van der Waals surface area contributed by atoms with Crippen molar-refractivity contribution in [1.29, 1.82) is 0 Å². The van der Waals surface area contributed by atoms with E-state index < -0.39 is 34.3 Å². The summed E-state index contributed by atoms with van der Waals surface area (Å²) in [7, 11) is 0. The van der Waals surface area contributed by atoms with Crippen LogP contribution in [0, 0.1) is 12.7 Å². The molecule has 1 aromatic carbocycles. The van der Waals surface area contributed by atoms with Crippen molar-refractivity contribution >= 4 is 11.8 Å². The first-order valence-corrected chi connectivity index (χ1v) is 10.0. The zero-order chi connectivity index (χ0) is 21.6. The number of carbonyl (C=O) groups is 2. The predicted molar refractivity (Wildman–Crippen MR) is 108 cm³/mol. The first kappa shape index (κ1) is 20.1. The molecule has 2 bridgehead atoms. The van der Waals surface area contributed by atoms with E-state index in [4.69, 9.17) is 0 Å². The Bertz CT molecular complexity index is 1110. The summed E-state index contributed by atoms with van der Waals surface area (Å²) in [5, 5.41) is 13.1. The monoisotopic (exact) mass is 413 g/mol. The number of aryl methyl sites for hydroxylation is 1. The first-order valence-electron chi connectivity index (χ1n) is 10.0. The number of fused-ring (bicyclic) bond motifs is 4. The van der Waals surface area contributed by atoms with Crippen LogP contribution in [-0.4, -0.2) is 39.5 Å². The third-order valence-corrected chi connectivity index (χ3v) is 6.07. The number of carbonyl (C=O) groups excluding carboxylic acids is 2. The maximum Gasteiger partial charge on any atom is 0.274 e. The average Bonchev–Trinajstić information content (AvgIpc) is 2.88. The predicted octanol–water partition coefficient (Wildman–Crippen LogP) is 2.29. The Labute approximate surface area is 173 Å². The standard InChI is InChI=1S/C22H24FN3O4/c1-13-5-6-14(16(23)9-13)10-24-20(29)15-11-26-17(19(28)18(15)27)21(30)25-8-4-3-7-22(26,2)12-25/h5-6,9,11,28H,3-4,7-8,10,12H2,1-2H3,(H,24,29)/t22-/m0/s1. The van der Waals surface area contributed by atoms with E-state index in [0.29, 0.717) is 13.1 Å². The number of hydrogen-bond acceptors (Lipinski definition) is 4. The molecule has 1 aromatic heterocycles. The Balaban J connectivity index is 1.70. The maximum atomic E-state index is 14.0. The molecule has 0 saturated carbocycles. The Kier molecular flexibility index (Phi) is 4.88. The third kappa shape index (κ3) is 3.26. The number of aromatic hydroxyl groups is 1. The molecule has 0 radical (unpaired) electrons. The number of hydrogen-bond donors (Lipinski definition) is 2. The number of nitrogens with zero attached hydrogens (tertiary/aromatic N) is 2. The van der Waals surface area contributed by atoms with Crippen molar-refractivity contribution in [2.45, 2.75) is 45.2 Å². The number of amides is 2. The summed E-state index contributed by atoms with van der Waals surface area (Å²) in [5.41, 5.74) is -0.719. The lowest BCUT2D eigenvalue weighted by molar-refractivity contribution is 0.0592. The van der Waals surface area contributed by atoms with Gasteiger partial charge in [-0.15, -0.1) is 0 Å². The number of nitrogens with one attached hydrogen (secondary N) is 1. The van der Waals surface area contributed by atoms with Gasteiger partial charge in [0.05, 0.1) is 5.54 Å². The van der Waals surface area contributed by atoms with Crippen LogP contribution in [0.5, 0.6) is 5.75 Å². The first-order chi connectivity index (χ1) is 14.2. The summed E-state index contributed by atoms with van der Waals surface area (Å²) in [4.78, 5) is 39.9. The second-order valence-corrected chi connectivity index (χ2v) is 8.40. The summed E-state index contributed by atoms with van der Waals surface area (Å²) in [6.07, 6.45) is 3.84. The zero-order valence-corrected chi connectivity index (χ0v) is 17.0. The minimum absolute atomic E-state index is 0.0724. The van der Waals surface area contributed by atoms with Crippen LogP contribution in [0.4, 0.5) is 4.39 Å². The minimum atomic E-state index is -0.903. The van der Waals surface area contributed by atoms with Crippen LogP contribution in [0.25, 0.3) is 0 Å². The van der Waals surface area contributed by atoms with Gasteiger partial charge in [-0.2, -0.15) is 0 Å². The van der Waals surface area contributed by atoms with E-state index in [1.807, 2.05) is 6.92 Å². The lowest BCUT2D eigenvalue weighted by atomic mass is 9.92. The van der Waals surface area contributed by atoms with Crippen molar-refractivity contribution < 1.29 is 19.1 Å². The van der Waals surface area contributed by atoms with Crippen LogP contribution in [0.2, 0.25) is 0 Å². The Morgan fingerprint density at radius 1 is 1.30 bits per heavy atom. The van der Waals surface area contributed by atoms with Gasteiger partial charge in [0, 0.05) is 31.4 Å². The fraction of sp³-hybridized carbons (Fsp3) is 0.409. The van der Waals surface area contributed by atoms with Crippen molar-refractivity contribution in [3.63, 3.8) is 0 Å². The van der Waals surface area contributed by atoms with Gasteiger partial charge >= 0.3 is 0 Å². The molecule has 2 aliphatic rings. The van der Waals surface area contributed by atoms with Gasteiger partial charge < -0.3 is 19.9 Å². The number of aromatic nitrogens is 1. The molecule has 0 unspecified atom stereocenters. The molecule has 30 heavy (non-hydrogen) atoms. The molecule has 0 aliphatic carbocycles. The molecule has 158 valence electrons. The van der Waals surface area contributed by atoms with Crippen molar-refractivity contribution in [3.8, 4) is 5.75 Å². The van der Waals surface area contributed by atoms with E-state index in [0.717, 1.165) is 24.8 Å². The second-order valence-electron chi connectivity index (χ2n) is 8.40. The van der Waals surface area contributed by atoms with Gasteiger partial charge in [0.15, 0.2) is 11.4 Å². The van der Waals surface area contributed by atoms with E-state index in [1.165, 1.54) is 12.3 Å². The number of pyridine rings is 1. The number of halogens is 1. The van der Waals surface area contributed by atoms with Crippen molar-refractivity contribution in [2.75, 3.05) is 13.1 Å². The SMILES string of the molecule is Cc1ccc(CNC(=O)c2cn3c(c(O)c2=O)C(=O)N2CCCC[C@@]3(C)C2)c(F)c1. The number of rotatable bonds is 3. The van der Waals surface area contributed by atoms with Crippen molar-refractivity contribution in [2.24, 2.45) is 0 Å². The molecular formula is C22H24FN3O4. The van der Waals surface area contributed by atoms with E-state index in [2.05, 4.69) is 5.32 Å². The normalized spacial score (nSPS) is 20.5. The second kappa shape index (κ2) is 7.27. The molecular weight excluding hydrogens is 389 g/mol. The molecule has 2 amide bonds. The van der Waals surface area contributed by atoms with Gasteiger partial charge in [-0.3, -0.25) is 14.4 Å². The molecule has 2 aliphatic heterocycles. The van der Waals surface area contributed by atoms with Crippen LogP contribution in [-0.2, 0) is 12.1 Å². The maximum absolute atomic E-state index is 14.0. The fourth-order valence-corrected chi connectivity index (χ4v) is 4.36. The van der Waals surface area contributed by atoms with Gasteiger partial charge in [0.25, 0.3) is 11.8 Å². The molecule has 2 aromatic rings. The molecule has 3 heterocycles. The molecule has 4 rings (SSSR count). The summed E-state index contributed by atoms with van der Waals surface area (Å²) in [6, 6.07) is 4.67. The summed E-state index contributed by atoms with van der Waals surface area (Å²) >= 11 is 0. The summed E-state index contributed by atoms with van der Waals surface area (Å²) < 4.78 is 15.6. The fourth-order valence-electron chi connectivity index (χ4n) is 4.36. The van der Waals surface area contributed by atoms with Crippen LogP contribution >= 0.6 is 0 Å². The van der Waals surface area contributed by atoms with E-state index >= 15 is 0 Å². The molecule has 1 saturated heterocycles. The molecule has 0 spiro atoms. The molecule has 7 nitrogen and oxygen atoms in total. The van der Waals surface area contributed by atoms with E-state index in [9.17, 15) is 23.9 Å². The Hall–Kier alpha value is -3.16. The van der Waals surface area contributed by atoms with E-state index in [1.54, 1.807) is 28.5 Å². The van der Waals surface area contributed by atoms with Gasteiger partial charge in [-0.25, -0.2) is 4.39 Å². The molecule has 1 fully saturated rings. The zero-order valence-electron chi connectivity index (χ0n) is 17.0. The highest BCUT2D eigenvalue weighted by Gasteiger charge is 2.42. The van der Waals surface area contributed by atoms with Gasteiger partial charge in [0.1, 0.15) is 11.4 Å². The lowest BCUT2D eigenvalue weighted by Crippen LogP contribution is -2.52.